The summed E-state index contributed by atoms with van der Waals surface area (Å²) < 4.78 is 0. The predicted molar refractivity (Wildman–Crippen MR) is 91.7 cm³/mol. The first-order valence-electron chi connectivity index (χ1n) is 6.26. The van der Waals surface area contributed by atoms with Gasteiger partial charge < -0.3 is 4.98 Å². The summed E-state index contributed by atoms with van der Waals surface area (Å²) in [5.41, 5.74) is 1.91. The smallest absolute Gasteiger partial charge is 0.270 e. The van der Waals surface area contributed by atoms with Crippen LogP contribution in [0.5, 0.6) is 0 Å². The molecule has 0 saturated heterocycles. The average Bonchev–Trinajstić information content (AvgIpc) is 2.45. The molecule has 0 aliphatic heterocycles. The molecule has 7 heteroatoms. The van der Waals surface area contributed by atoms with Crippen molar-refractivity contribution in [2.75, 3.05) is 0 Å². The van der Waals surface area contributed by atoms with Gasteiger partial charge in [0.15, 0.2) is 0 Å². The molecule has 0 saturated carbocycles. The second-order valence-electron chi connectivity index (χ2n) is 4.71. The topological polar surface area (TPSA) is 45.8 Å². The van der Waals surface area contributed by atoms with Gasteiger partial charge in [-0.2, -0.15) is 0 Å². The van der Waals surface area contributed by atoms with Gasteiger partial charge in [-0.05, 0) is 29.8 Å². The van der Waals surface area contributed by atoms with Crippen molar-refractivity contribution < 1.29 is 0 Å². The van der Waals surface area contributed by atoms with Gasteiger partial charge in [-0.1, -0.05) is 52.5 Å². The Kier molecular flexibility index (Phi) is 4.33. The zero-order valence-electron chi connectivity index (χ0n) is 11.0. The molecule has 1 N–H and O–H groups in total. The maximum atomic E-state index is 12.1. The highest BCUT2D eigenvalue weighted by Gasteiger charge is 2.10. The number of hydrogen-bond donors (Lipinski definition) is 1. The highest BCUT2D eigenvalue weighted by Crippen LogP contribution is 2.26. The van der Waals surface area contributed by atoms with Gasteiger partial charge in [0.25, 0.3) is 5.56 Å². The Balaban J connectivity index is 2.09. The van der Waals surface area contributed by atoms with Crippen molar-refractivity contribution in [2.45, 2.75) is 6.42 Å². The molecule has 2 aromatic carbocycles. The van der Waals surface area contributed by atoms with E-state index in [1.165, 1.54) is 0 Å². The Morgan fingerprint density at radius 1 is 0.955 bits per heavy atom. The van der Waals surface area contributed by atoms with Crippen molar-refractivity contribution in [3.8, 4) is 0 Å². The van der Waals surface area contributed by atoms with E-state index in [1.54, 1.807) is 30.3 Å². The molecule has 0 fully saturated rings. The number of aromatic amines is 1. The zero-order valence-corrected chi connectivity index (χ0v) is 14.0. The molecule has 3 rings (SSSR count). The van der Waals surface area contributed by atoms with E-state index < -0.39 is 0 Å². The lowest BCUT2D eigenvalue weighted by molar-refractivity contribution is 1.03. The molecule has 3 aromatic rings. The van der Waals surface area contributed by atoms with Gasteiger partial charge in [-0.25, -0.2) is 4.98 Å². The summed E-state index contributed by atoms with van der Waals surface area (Å²) in [7, 11) is 0. The number of benzene rings is 2. The molecule has 0 radical (unpaired) electrons. The molecule has 1 aromatic heterocycles. The monoisotopic (exact) mass is 372 g/mol. The summed E-state index contributed by atoms with van der Waals surface area (Å²) in [4.78, 5) is 19.3. The van der Waals surface area contributed by atoms with Crippen LogP contribution in [0.25, 0.3) is 11.0 Å². The standard InChI is InChI=1S/C15H8Cl4N2O/c16-8-2-1-7(9(17)4-8)3-14-15(22)21-13-6-11(19)10(18)5-12(13)20-14/h1-2,4-6H,3H2,(H,21,22). The minimum Gasteiger partial charge on any atom is -0.319 e. The number of nitrogens with zero attached hydrogens (tertiary/aromatic N) is 1. The molecule has 0 amide bonds. The lowest BCUT2D eigenvalue weighted by Crippen LogP contribution is -2.15. The Bertz CT molecular complexity index is 937. The number of hydrogen-bond acceptors (Lipinski definition) is 2. The normalized spacial score (nSPS) is 11.1. The van der Waals surface area contributed by atoms with Crippen LogP contribution in [0, 0.1) is 0 Å². The minimum absolute atomic E-state index is 0.293. The molecule has 1 heterocycles. The molecule has 0 atom stereocenters. The van der Waals surface area contributed by atoms with E-state index in [2.05, 4.69) is 9.97 Å². The summed E-state index contributed by atoms with van der Waals surface area (Å²) in [6.45, 7) is 0. The lowest BCUT2D eigenvalue weighted by Gasteiger charge is -2.06. The Hall–Kier alpha value is -1.26. The van der Waals surface area contributed by atoms with E-state index in [1.807, 2.05) is 0 Å². The molecule has 0 bridgehead atoms. The van der Waals surface area contributed by atoms with E-state index >= 15 is 0 Å². The first-order chi connectivity index (χ1) is 10.4. The van der Waals surface area contributed by atoms with Crippen LogP contribution < -0.4 is 5.56 Å². The Morgan fingerprint density at radius 3 is 2.41 bits per heavy atom. The molecular formula is C15H8Cl4N2O. The van der Waals surface area contributed by atoms with Crippen LogP contribution in [0.3, 0.4) is 0 Å². The number of H-pyrrole nitrogens is 1. The number of halogens is 4. The van der Waals surface area contributed by atoms with Crippen molar-refractivity contribution >= 4 is 57.4 Å². The van der Waals surface area contributed by atoms with Gasteiger partial charge >= 0.3 is 0 Å². The fourth-order valence-electron chi connectivity index (χ4n) is 2.08. The maximum Gasteiger partial charge on any atom is 0.270 e. The zero-order chi connectivity index (χ0) is 15.9. The van der Waals surface area contributed by atoms with E-state index in [0.29, 0.717) is 43.2 Å². The van der Waals surface area contributed by atoms with Gasteiger partial charge in [0, 0.05) is 16.5 Å². The second-order valence-corrected chi connectivity index (χ2v) is 6.37. The van der Waals surface area contributed by atoms with Crippen LogP contribution >= 0.6 is 46.4 Å². The predicted octanol–water partition coefficient (Wildman–Crippen LogP) is 5.13. The fourth-order valence-corrected chi connectivity index (χ4v) is 2.88. The Labute approximate surface area is 145 Å². The third kappa shape index (κ3) is 3.08. The highest BCUT2D eigenvalue weighted by molar-refractivity contribution is 6.42. The molecule has 0 aliphatic rings. The van der Waals surface area contributed by atoms with Crippen molar-refractivity contribution in [2.24, 2.45) is 0 Å². The summed E-state index contributed by atoms with van der Waals surface area (Å²) in [5.74, 6) is 0. The summed E-state index contributed by atoms with van der Waals surface area (Å²) in [6.07, 6.45) is 0.293. The summed E-state index contributed by atoms with van der Waals surface area (Å²) in [5, 5.41) is 1.77. The van der Waals surface area contributed by atoms with Crippen LogP contribution in [0.15, 0.2) is 35.1 Å². The third-order valence-corrected chi connectivity index (χ3v) is 4.49. The SMILES string of the molecule is O=c1[nH]c2cc(Cl)c(Cl)cc2nc1Cc1ccc(Cl)cc1Cl. The molecule has 0 spiro atoms. The van der Waals surface area contributed by atoms with Gasteiger partial charge in [-0.15, -0.1) is 0 Å². The number of rotatable bonds is 2. The highest BCUT2D eigenvalue weighted by atomic mass is 35.5. The maximum absolute atomic E-state index is 12.1. The molecular weight excluding hydrogens is 366 g/mol. The van der Waals surface area contributed by atoms with Crippen molar-refractivity contribution in [3.05, 3.63) is 72.0 Å². The van der Waals surface area contributed by atoms with Crippen LogP contribution in [0.4, 0.5) is 0 Å². The van der Waals surface area contributed by atoms with Crippen LogP contribution in [0.2, 0.25) is 20.1 Å². The van der Waals surface area contributed by atoms with Crippen molar-refractivity contribution in [1.29, 1.82) is 0 Å². The quantitative estimate of drug-likeness (QED) is 0.676. The first-order valence-corrected chi connectivity index (χ1v) is 7.77. The summed E-state index contributed by atoms with van der Waals surface area (Å²) in [6, 6.07) is 8.30. The molecule has 0 unspecified atom stereocenters. The largest absolute Gasteiger partial charge is 0.319 e. The van der Waals surface area contributed by atoms with Gasteiger partial charge in [-0.3, -0.25) is 4.79 Å². The van der Waals surface area contributed by atoms with E-state index in [9.17, 15) is 4.79 Å². The van der Waals surface area contributed by atoms with E-state index in [4.69, 9.17) is 46.4 Å². The van der Waals surface area contributed by atoms with E-state index in [-0.39, 0.29) is 5.56 Å². The number of aromatic nitrogens is 2. The number of nitrogens with one attached hydrogen (secondary N) is 1. The second kappa shape index (κ2) is 6.09. The minimum atomic E-state index is -0.295. The third-order valence-electron chi connectivity index (χ3n) is 3.18. The van der Waals surface area contributed by atoms with Crippen LogP contribution in [0.1, 0.15) is 11.3 Å². The van der Waals surface area contributed by atoms with Gasteiger partial charge in [0.05, 0.1) is 21.1 Å². The van der Waals surface area contributed by atoms with Crippen molar-refractivity contribution in [1.82, 2.24) is 9.97 Å². The fraction of sp³-hybridized carbons (Fsp3) is 0.0667. The molecule has 0 aliphatic carbocycles. The van der Waals surface area contributed by atoms with Gasteiger partial charge in [0.1, 0.15) is 5.69 Å². The van der Waals surface area contributed by atoms with E-state index in [0.717, 1.165) is 5.56 Å². The van der Waals surface area contributed by atoms with Crippen molar-refractivity contribution in [3.63, 3.8) is 0 Å². The van der Waals surface area contributed by atoms with Crippen LogP contribution in [-0.4, -0.2) is 9.97 Å². The molecule has 112 valence electrons. The summed E-state index contributed by atoms with van der Waals surface area (Å²) >= 11 is 23.9. The molecule has 22 heavy (non-hydrogen) atoms. The molecule has 3 nitrogen and oxygen atoms in total. The number of fused-ring (bicyclic) bond motifs is 1. The lowest BCUT2D eigenvalue weighted by atomic mass is 10.1. The van der Waals surface area contributed by atoms with Crippen LogP contribution in [-0.2, 0) is 6.42 Å². The van der Waals surface area contributed by atoms with Gasteiger partial charge in [0.2, 0.25) is 0 Å². The average molecular weight is 374 g/mol. The Morgan fingerprint density at radius 2 is 1.68 bits per heavy atom. The first kappa shape index (κ1) is 15.6.